The third kappa shape index (κ3) is 2.22. The summed E-state index contributed by atoms with van der Waals surface area (Å²) in [6.07, 6.45) is 2.72. The Morgan fingerprint density at radius 2 is 1.92 bits per heavy atom. The van der Waals surface area contributed by atoms with Crippen LogP contribution in [0.15, 0.2) is 0 Å². The quantitative estimate of drug-likeness (QED) is 0.583. The molecule has 0 bridgehead atoms. The second-order valence-corrected chi connectivity index (χ2v) is 5.41. The molecular formula is C11H23N. The van der Waals surface area contributed by atoms with Crippen LogP contribution in [0, 0.1) is 11.3 Å². The molecule has 1 rings (SSSR count). The molecule has 0 spiro atoms. The highest BCUT2D eigenvalue weighted by molar-refractivity contribution is 4.86. The minimum absolute atomic E-state index is 0.571. The smallest absolute Gasteiger partial charge is 0.0120 e. The highest BCUT2D eigenvalue weighted by Gasteiger charge is 2.32. The molecule has 12 heavy (non-hydrogen) atoms. The number of piperidine rings is 1. The van der Waals surface area contributed by atoms with E-state index in [-0.39, 0.29) is 0 Å². The summed E-state index contributed by atoms with van der Waals surface area (Å²) in [5.41, 5.74) is 0.571. The first-order valence-electron chi connectivity index (χ1n) is 5.13. The zero-order valence-corrected chi connectivity index (χ0v) is 9.22. The van der Waals surface area contributed by atoms with Gasteiger partial charge in [0.1, 0.15) is 0 Å². The van der Waals surface area contributed by atoms with E-state index in [4.69, 9.17) is 0 Å². The van der Waals surface area contributed by atoms with Gasteiger partial charge < -0.3 is 4.90 Å². The van der Waals surface area contributed by atoms with Crippen LogP contribution in [0.4, 0.5) is 0 Å². The van der Waals surface area contributed by atoms with E-state index in [9.17, 15) is 0 Å². The van der Waals surface area contributed by atoms with Gasteiger partial charge in [-0.1, -0.05) is 27.7 Å². The molecule has 1 aliphatic heterocycles. The third-order valence-corrected chi connectivity index (χ3v) is 3.24. The zero-order chi connectivity index (χ0) is 9.35. The van der Waals surface area contributed by atoms with Crippen LogP contribution in [-0.2, 0) is 0 Å². The van der Waals surface area contributed by atoms with E-state index in [1.54, 1.807) is 0 Å². The number of hydrogen-bond donors (Lipinski definition) is 0. The van der Waals surface area contributed by atoms with Gasteiger partial charge in [-0.15, -0.1) is 0 Å². The Bertz CT molecular complexity index is 149. The SMILES string of the molecule is CC(C)C1CC(C)(C)CCN1C. The van der Waals surface area contributed by atoms with E-state index in [0.29, 0.717) is 5.41 Å². The first kappa shape index (κ1) is 10.0. The minimum Gasteiger partial charge on any atom is -0.303 e. The molecule has 0 aromatic carbocycles. The molecule has 0 aromatic heterocycles. The van der Waals surface area contributed by atoms with Crippen molar-refractivity contribution in [2.24, 2.45) is 11.3 Å². The largest absolute Gasteiger partial charge is 0.303 e. The number of hydrogen-bond acceptors (Lipinski definition) is 1. The Kier molecular flexibility index (Phi) is 2.82. The van der Waals surface area contributed by atoms with Crippen LogP contribution in [0.3, 0.4) is 0 Å². The first-order valence-corrected chi connectivity index (χ1v) is 5.13. The van der Waals surface area contributed by atoms with Crippen LogP contribution in [0.5, 0.6) is 0 Å². The fourth-order valence-corrected chi connectivity index (χ4v) is 2.21. The second-order valence-electron chi connectivity index (χ2n) is 5.41. The topological polar surface area (TPSA) is 3.24 Å². The lowest BCUT2D eigenvalue weighted by atomic mass is 9.76. The highest BCUT2D eigenvalue weighted by atomic mass is 15.1. The van der Waals surface area contributed by atoms with Gasteiger partial charge in [0.2, 0.25) is 0 Å². The molecule has 72 valence electrons. The monoisotopic (exact) mass is 169 g/mol. The molecule has 1 heteroatoms. The Morgan fingerprint density at radius 1 is 1.33 bits per heavy atom. The van der Waals surface area contributed by atoms with Gasteiger partial charge >= 0.3 is 0 Å². The summed E-state index contributed by atoms with van der Waals surface area (Å²) >= 11 is 0. The van der Waals surface area contributed by atoms with E-state index in [0.717, 1.165) is 12.0 Å². The van der Waals surface area contributed by atoms with Gasteiger partial charge in [-0.05, 0) is 37.8 Å². The van der Waals surface area contributed by atoms with Gasteiger partial charge in [-0.3, -0.25) is 0 Å². The molecule has 1 fully saturated rings. The summed E-state index contributed by atoms with van der Waals surface area (Å²) in [5.74, 6) is 0.801. The molecule has 0 aliphatic carbocycles. The van der Waals surface area contributed by atoms with Crippen molar-refractivity contribution in [2.45, 2.75) is 46.6 Å². The van der Waals surface area contributed by atoms with Crippen molar-refractivity contribution < 1.29 is 0 Å². The third-order valence-electron chi connectivity index (χ3n) is 3.24. The fraction of sp³-hybridized carbons (Fsp3) is 1.00. The number of likely N-dealkylation sites (tertiary alicyclic amines) is 1. The molecule has 0 aromatic rings. The van der Waals surface area contributed by atoms with Gasteiger partial charge in [0.05, 0.1) is 0 Å². The number of nitrogens with zero attached hydrogens (tertiary/aromatic N) is 1. The van der Waals surface area contributed by atoms with Crippen LogP contribution < -0.4 is 0 Å². The molecule has 1 unspecified atom stereocenters. The Balaban J connectivity index is 2.59. The minimum atomic E-state index is 0.571. The Morgan fingerprint density at radius 3 is 2.33 bits per heavy atom. The highest BCUT2D eigenvalue weighted by Crippen LogP contribution is 2.35. The molecule has 1 aliphatic rings. The lowest BCUT2D eigenvalue weighted by molar-refractivity contribution is 0.0657. The van der Waals surface area contributed by atoms with E-state index >= 15 is 0 Å². The van der Waals surface area contributed by atoms with Crippen molar-refractivity contribution in [2.75, 3.05) is 13.6 Å². The summed E-state index contributed by atoms with van der Waals surface area (Å²) in [4.78, 5) is 2.52. The Hall–Kier alpha value is -0.0400. The predicted octanol–water partition coefficient (Wildman–Crippen LogP) is 2.76. The maximum absolute atomic E-state index is 2.52. The summed E-state index contributed by atoms with van der Waals surface area (Å²) in [6.45, 7) is 10.7. The first-order chi connectivity index (χ1) is 5.42. The summed E-state index contributed by atoms with van der Waals surface area (Å²) < 4.78 is 0. The fourth-order valence-electron chi connectivity index (χ4n) is 2.21. The van der Waals surface area contributed by atoms with E-state index in [1.807, 2.05) is 0 Å². The van der Waals surface area contributed by atoms with Crippen LogP contribution in [0.25, 0.3) is 0 Å². The standard InChI is InChI=1S/C11H23N/c1-9(2)10-8-11(3,4)6-7-12(10)5/h9-10H,6-8H2,1-5H3. The Labute approximate surface area is 77.1 Å². The van der Waals surface area contributed by atoms with Crippen molar-refractivity contribution in [1.82, 2.24) is 4.90 Å². The van der Waals surface area contributed by atoms with Crippen molar-refractivity contribution in [3.8, 4) is 0 Å². The molecule has 1 heterocycles. The second kappa shape index (κ2) is 3.37. The summed E-state index contributed by atoms with van der Waals surface area (Å²) in [6, 6.07) is 0.800. The van der Waals surface area contributed by atoms with E-state index in [2.05, 4.69) is 39.6 Å². The molecule has 0 radical (unpaired) electrons. The zero-order valence-electron chi connectivity index (χ0n) is 9.22. The molecule has 1 atom stereocenters. The van der Waals surface area contributed by atoms with Gasteiger partial charge in [-0.2, -0.15) is 0 Å². The van der Waals surface area contributed by atoms with Gasteiger partial charge in [-0.25, -0.2) is 0 Å². The summed E-state index contributed by atoms with van der Waals surface area (Å²) in [7, 11) is 2.26. The molecule has 0 N–H and O–H groups in total. The summed E-state index contributed by atoms with van der Waals surface area (Å²) in [5, 5.41) is 0. The van der Waals surface area contributed by atoms with Crippen LogP contribution >= 0.6 is 0 Å². The van der Waals surface area contributed by atoms with Gasteiger partial charge in [0, 0.05) is 6.04 Å². The van der Waals surface area contributed by atoms with Gasteiger partial charge in [0.15, 0.2) is 0 Å². The van der Waals surface area contributed by atoms with Crippen molar-refractivity contribution in [1.29, 1.82) is 0 Å². The van der Waals surface area contributed by atoms with Crippen molar-refractivity contribution in [3.05, 3.63) is 0 Å². The predicted molar refractivity (Wildman–Crippen MR) is 54.3 cm³/mol. The average molecular weight is 169 g/mol. The number of rotatable bonds is 1. The van der Waals surface area contributed by atoms with Crippen LogP contribution in [0.2, 0.25) is 0 Å². The maximum Gasteiger partial charge on any atom is 0.0120 e. The molecule has 0 saturated carbocycles. The van der Waals surface area contributed by atoms with Crippen molar-refractivity contribution >= 4 is 0 Å². The molecule has 0 amide bonds. The van der Waals surface area contributed by atoms with Crippen molar-refractivity contribution in [3.63, 3.8) is 0 Å². The molecule has 1 saturated heterocycles. The van der Waals surface area contributed by atoms with E-state index in [1.165, 1.54) is 19.4 Å². The van der Waals surface area contributed by atoms with Crippen LogP contribution in [-0.4, -0.2) is 24.5 Å². The van der Waals surface area contributed by atoms with Gasteiger partial charge in [0.25, 0.3) is 0 Å². The maximum atomic E-state index is 2.52. The lowest BCUT2D eigenvalue weighted by Crippen LogP contribution is -2.45. The lowest BCUT2D eigenvalue weighted by Gasteiger charge is -2.43. The molecule has 1 nitrogen and oxygen atoms in total. The molecular weight excluding hydrogens is 146 g/mol. The van der Waals surface area contributed by atoms with Crippen LogP contribution in [0.1, 0.15) is 40.5 Å². The van der Waals surface area contributed by atoms with E-state index < -0.39 is 0 Å². The normalized spacial score (nSPS) is 31.0. The average Bonchev–Trinajstić information content (AvgIpc) is 1.94.